The SMILES string of the molecule is CCCCCCn1nnc(CO)c1-c1cccc(OC)c1. The van der Waals surface area contributed by atoms with Crippen LogP contribution in [0.2, 0.25) is 0 Å². The number of benzene rings is 1. The second-order valence-electron chi connectivity index (χ2n) is 5.06. The maximum absolute atomic E-state index is 9.48. The molecule has 1 heterocycles. The van der Waals surface area contributed by atoms with E-state index in [0.29, 0.717) is 5.69 Å². The highest BCUT2D eigenvalue weighted by atomic mass is 16.5. The maximum atomic E-state index is 9.48. The predicted molar refractivity (Wildman–Crippen MR) is 82.1 cm³/mol. The second-order valence-corrected chi connectivity index (χ2v) is 5.06. The van der Waals surface area contributed by atoms with Crippen molar-refractivity contribution < 1.29 is 9.84 Å². The number of methoxy groups -OCH3 is 1. The maximum Gasteiger partial charge on any atom is 0.119 e. The standard InChI is InChI=1S/C16H23N3O2/c1-3-4-5-6-10-19-16(15(12-20)17-18-19)13-8-7-9-14(11-13)21-2/h7-9,11,20H,3-6,10,12H2,1-2H3. The average Bonchev–Trinajstić information content (AvgIpc) is 2.94. The van der Waals surface area contributed by atoms with Gasteiger partial charge in [0.2, 0.25) is 0 Å². The summed E-state index contributed by atoms with van der Waals surface area (Å²) in [7, 11) is 1.65. The van der Waals surface area contributed by atoms with Crippen LogP contribution in [0.15, 0.2) is 24.3 Å². The number of aromatic nitrogens is 3. The molecule has 0 atom stereocenters. The summed E-state index contributed by atoms with van der Waals surface area (Å²) < 4.78 is 7.15. The van der Waals surface area contributed by atoms with Gasteiger partial charge in [0, 0.05) is 12.1 Å². The summed E-state index contributed by atoms with van der Waals surface area (Å²) in [6.07, 6.45) is 4.69. The number of nitrogens with zero attached hydrogens (tertiary/aromatic N) is 3. The molecule has 5 heteroatoms. The first-order valence-electron chi connectivity index (χ1n) is 7.47. The molecule has 0 spiro atoms. The van der Waals surface area contributed by atoms with E-state index in [1.165, 1.54) is 19.3 Å². The van der Waals surface area contributed by atoms with Gasteiger partial charge < -0.3 is 9.84 Å². The Hall–Kier alpha value is -1.88. The van der Waals surface area contributed by atoms with Crippen LogP contribution in [0.25, 0.3) is 11.3 Å². The first-order valence-corrected chi connectivity index (χ1v) is 7.47. The lowest BCUT2D eigenvalue weighted by Gasteiger charge is -2.09. The van der Waals surface area contributed by atoms with E-state index < -0.39 is 0 Å². The van der Waals surface area contributed by atoms with Crippen molar-refractivity contribution in [2.24, 2.45) is 0 Å². The van der Waals surface area contributed by atoms with Crippen molar-refractivity contribution in [1.82, 2.24) is 15.0 Å². The molecule has 2 aromatic rings. The van der Waals surface area contributed by atoms with E-state index in [2.05, 4.69) is 17.2 Å². The Morgan fingerprint density at radius 1 is 1.24 bits per heavy atom. The molecular formula is C16H23N3O2. The van der Waals surface area contributed by atoms with Crippen molar-refractivity contribution in [3.63, 3.8) is 0 Å². The van der Waals surface area contributed by atoms with Gasteiger partial charge in [0.15, 0.2) is 0 Å². The molecule has 0 bridgehead atoms. The normalized spacial score (nSPS) is 10.8. The van der Waals surface area contributed by atoms with E-state index in [0.717, 1.165) is 30.0 Å². The largest absolute Gasteiger partial charge is 0.497 e. The zero-order chi connectivity index (χ0) is 15.1. The monoisotopic (exact) mass is 289 g/mol. The fourth-order valence-corrected chi connectivity index (χ4v) is 2.39. The first kappa shape index (κ1) is 15.5. The highest BCUT2D eigenvalue weighted by Gasteiger charge is 2.14. The molecule has 0 aliphatic carbocycles. The van der Waals surface area contributed by atoms with Gasteiger partial charge in [0.1, 0.15) is 11.4 Å². The number of hydrogen-bond acceptors (Lipinski definition) is 4. The number of aryl methyl sites for hydroxylation is 1. The number of hydrogen-bond donors (Lipinski definition) is 1. The van der Waals surface area contributed by atoms with Crippen molar-refractivity contribution >= 4 is 0 Å². The molecule has 0 amide bonds. The Morgan fingerprint density at radius 2 is 2.10 bits per heavy atom. The fourth-order valence-electron chi connectivity index (χ4n) is 2.39. The molecule has 0 saturated carbocycles. The third-order valence-electron chi connectivity index (χ3n) is 3.52. The fraction of sp³-hybridized carbons (Fsp3) is 0.500. The lowest BCUT2D eigenvalue weighted by molar-refractivity contribution is 0.277. The number of aliphatic hydroxyl groups is 1. The van der Waals surface area contributed by atoms with E-state index in [-0.39, 0.29) is 6.61 Å². The van der Waals surface area contributed by atoms with Crippen molar-refractivity contribution in [3.8, 4) is 17.0 Å². The topological polar surface area (TPSA) is 60.2 Å². The smallest absolute Gasteiger partial charge is 0.119 e. The van der Waals surface area contributed by atoms with Crippen LogP contribution in [0, 0.1) is 0 Å². The van der Waals surface area contributed by atoms with Gasteiger partial charge in [0.25, 0.3) is 0 Å². The van der Waals surface area contributed by atoms with Crippen molar-refractivity contribution in [2.75, 3.05) is 7.11 Å². The highest BCUT2D eigenvalue weighted by molar-refractivity contribution is 5.63. The van der Waals surface area contributed by atoms with Crippen molar-refractivity contribution in [2.45, 2.75) is 45.8 Å². The zero-order valence-corrected chi connectivity index (χ0v) is 12.7. The van der Waals surface area contributed by atoms with Gasteiger partial charge in [-0.1, -0.05) is 43.5 Å². The minimum Gasteiger partial charge on any atom is -0.497 e. The quantitative estimate of drug-likeness (QED) is 0.759. The molecule has 2 rings (SSSR count). The molecule has 114 valence electrons. The molecule has 1 aromatic carbocycles. The molecule has 0 aliphatic heterocycles. The Labute approximate surface area is 125 Å². The summed E-state index contributed by atoms with van der Waals surface area (Å²) in [4.78, 5) is 0. The van der Waals surface area contributed by atoms with Crippen LogP contribution in [-0.4, -0.2) is 27.2 Å². The molecule has 0 fully saturated rings. The minimum atomic E-state index is -0.110. The summed E-state index contributed by atoms with van der Waals surface area (Å²) in [6, 6.07) is 7.77. The lowest BCUT2D eigenvalue weighted by Crippen LogP contribution is -2.03. The van der Waals surface area contributed by atoms with Crippen LogP contribution < -0.4 is 4.74 Å². The average molecular weight is 289 g/mol. The Morgan fingerprint density at radius 3 is 2.81 bits per heavy atom. The van der Waals surface area contributed by atoms with Gasteiger partial charge in [-0.15, -0.1) is 5.10 Å². The van der Waals surface area contributed by atoms with Crippen molar-refractivity contribution in [1.29, 1.82) is 0 Å². The summed E-state index contributed by atoms with van der Waals surface area (Å²) in [5.41, 5.74) is 2.46. The highest BCUT2D eigenvalue weighted by Crippen LogP contribution is 2.26. The zero-order valence-electron chi connectivity index (χ0n) is 12.7. The minimum absolute atomic E-state index is 0.110. The number of rotatable bonds is 8. The molecular weight excluding hydrogens is 266 g/mol. The van der Waals surface area contributed by atoms with E-state index in [1.807, 2.05) is 28.9 Å². The van der Waals surface area contributed by atoms with Crippen LogP contribution in [0.3, 0.4) is 0 Å². The van der Waals surface area contributed by atoms with E-state index in [4.69, 9.17) is 4.74 Å². The van der Waals surface area contributed by atoms with Gasteiger partial charge in [-0.3, -0.25) is 0 Å². The predicted octanol–water partition coefficient (Wildman–Crippen LogP) is 3.03. The summed E-state index contributed by atoms with van der Waals surface area (Å²) in [5.74, 6) is 0.787. The van der Waals surface area contributed by atoms with Gasteiger partial charge in [-0.2, -0.15) is 0 Å². The van der Waals surface area contributed by atoms with E-state index in [9.17, 15) is 5.11 Å². The van der Waals surface area contributed by atoms with Crippen LogP contribution >= 0.6 is 0 Å². The number of unbranched alkanes of at least 4 members (excludes halogenated alkanes) is 3. The molecule has 1 N–H and O–H groups in total. The molecule has 21 heavy (non-hydrogen) atoms. The summed E-state index contributed by atoms with van der Waals surface area (Å²) in [5, 5.41) is 17.8. The summed E-state index contributed by atoms with van der Waals surface area (Å²) in [6.45, 7) is 2.90. The van der Waals surface area contributed by atoms with Crippen molar-refractivity contribution in [3.05, 3.63) is 30.0 Å². The molecule has 0 aliphatic rings. The second kappa shape index (κ2) is 7.78. The third kappa shape index (κ3) is 3.82. The lowest BCUT2D eigenvalue weighted by atomic mass is 10.1. The van der Waals surface area contributed by atoms with Crippen LogP contribution in [0.1, 0.15) is 38.3 Å². The Kier molecular flexibility index (Phi) is 5.75. The molecule has 0 radical (unpaired) electrons. The van der Waals surface area contributed by atoms with Gasteiger partial charge in [-0.05, 0) is 18.6 Å². The molecule has 1 aromatic heterocycles. The first-order chi connectivity index (χ1) is 10.3. The Bertz CT molecular complexity index is 566. The molecule has 0 unspecified atom stereocenters. The van der Waals surface area contributed by atoms with E-state index >= 15 is 0 Å². The van der Waals surface area contributed by atoms with Gasteiger partial charge in [0.05, 0.1) is 19.4 Å². The number of ether oxygens (including phenoxy) is 1. The van der Waals surface area contributed by atoms with Crippen LogP contribution in [-0.2, 0) is 13.2 Å². The van der Waals surface area contributed by atoms with Crippen LogP contribution in [0.5, 0.6) is 5.75 Å². The van der Waals surface area contributed by atoms with Gasteiger partial charge >= 0.3 is 0 Å². The van der Waals surface area contributed by atoms with Gasteiger partial charge in [-0.25, -0.2) is 4.68 Å². The number of aliphatic hydroxyl groups excluding tert-OH is 1. The third-order valence-corrected chi connectivity index (χ3v) is 3.52. The van der Waals surface area contributed by atoms with Crippen LogP contribution in [0.4, 0.5) is 0 Å². The Balaban J connectivity index is 2.25. The molecule has 5 nitrogen and oxygen atoms in total. The van der Waals surface area contributed by atoms with E-state index in [1.54, 1.807) is 7.11 Å². The molecule has 0 saturated heterocycles. The summed E-state index contributed by atoms with van der Waals surface area (Å²) >= 11 is 0.